The van der Waals surface area contributed by atoms with Crippen molar-refractivity contribution < 1.29 is 14.0 Å². The normalized spacial score (nSPS) is 14.1. The van der Waals surface area contributed by atoms with Crippen LogP contribution in [0.3, 0.4) is 0 Å². The number of carbonyl (C=O) groups is 2. The number of rotatable bonds is 6. The molecule has 0 saturated carbocycles. The van der Waals surface area contributed by atoms with E-state index in [1.807, 2.05) is 23.1 Å². The molecule has 2 heterocycles. The van der Waals surface area contributed by atoms with Crippen LogP contribution in [0.25, 0.3) is 0 Å². The summed E-state index contributed by atoms with van der Waals surface area (Å²) < 4.78 is 13.0. The van der Waals surface area contributed by atoms with E-state index in [1.54, 1.807) is 24.3 Å². The molecule has 164 valence electrons. The minimum absolute atomic E-state index is 0.140. The fraction of sp³-hybridized carbons (Fsp3) is 0.217. The number of anilines is 3. The third kappa shape index (κ3) is 5.64. The van der Waals surface area contributed by atoms with E-state index in [1.165, 1.54) is 24.3 Å². The quantitative estimate of drug-likeness (QED) is 0.620. The predicted molar refractivity (Wildman–Crippen MR) is 120 cm³/mol. The van der Waals surface area contributed by atoms with Gasteiger partial charge in [-0.15, -0.1) is 10.2 Å². The molecule has 8 nitrogen and oxygen atoms in total. The predicted octanol–water partition coefficient (Wildman–Crippen LogP) is 2.63. The Balaban J connectivity index is 1.25. The molecule has 2 amide bonds. The molecule has 0 unspecified atom stereocenters. The van der Waals surface area contributed by atoms with Crippen molar-refractivity contribution in [1.29, 1.82) is 0 Å². The van der Waals surface area contributed by atoms with Gasteiger partial charge in [0, 0.05) is 37.6 Å². The third-order valence-corrected chi connectivity index (χ3v) is 5.11. The maximum atomic E-state index is 13.0. The van der Waals surface area contributed by atoms with Crippen molar-refractivity contribution in [2.45, 2.75) is 0 Å². The largest absolute Gasteiger partial charge is 0.353 e. The van der Waals surface area contributed by atoms with Gasteiger partial charge in [-0.05, 0) is 48.5 Å². The standard InChI is InChI=1S/C23H23FN6O2/c24-17-6-8-19(9-7-17)25-22(31)16-29-12-14-30(15-13-29)21-11-10-20(27-28-21)23(32)26-18-4-2-1-3-5-18/h1-11H,12-16H2,(H,25,31)(H,26,32). The topological polar surface area (TPSA) is 90.5 Å². The van der Waals surface area contributed by atoms with Crippen molar-refractivity contribution in [1.82, 2.24) is 15.1 Å². The average Bonchev–Trinajstić information content (AvgIpc) is 2.82. The summed E-state index contributed by atoms with van der Waals surface area (Å²) in [7, 11) is 0. The van der Waals surface area contributed by atoms with Gasteiger partial charge >= 0.3 is 0 Å². The Bertz CT molecular complexity index is 1050. The van der Waals surface area contributed by atoms with Crippen LogP contribution in [0.2, 0.25) is 0 Å². The van der Waals surface area contributed by atoms with E-state index in [-0.39, 0.29) is 29.9 Å². The molecule has 0 bridgehead atoms. The minimum atomic E-state index is -0.341. The lowest BCUT2D eigenvalue weighted by molar-refractivity contribution is -0.117. The second kappa shape index (κ2) is 9.97. The Hall–Kier alpha value is -3.85. The van der Waals surface area contributed by atoms with E-state index in [2.05, 4.69) is 25.7 Å². The van der Waals surface area contributed by atoms with Crippen LogP contribution >= 0.6 is 0 Å². The average molecular weight is 434 g/mol. The smallest absolute Gasteiger partial charge is 0.276 e. The first-order valence-electron chi connectivity index (χ1n) is 10.3. The molecule has 0 radical (unpaired) electrons. The van der Waals surface area contributed by atoms with Crippen molar-refractivity contribution in [2.75, 3.05) is 48.3 Å². The van der Waals surface area contributed by atoms with Gasteiger partial charge in [-0.2, -0.15) is 0 Å². The lowest BCUT2D eigenvalue weighted by Gasteiger charge is -2.34. The summed E-state index contributed by atoms with van der Waals surface area (Å²) in [5.74, 6) is -0.102. The summed E-state index contributed by atoms with van der Waals surface area (Å²) in [5.41, 5.74) is 1.51. The molecule has 1 aliphatic heterocycles. The lowest BCUT2D eigenvalue weighted by Crippen LogP contribution is -2.49. The number of nitrogens with one attached hydrogen (secondary N) is 2. The molecule has 0 aliphatic carbocycles. The zero-order valence-corrected chi connectivity index (χ0v) is 17.4. The van der Waals surface area contributed by atoms with Crippen molar-refractivity contribution in [2.24, 2.45) is 0 Å². The molecule has 0 spiro atoms. The lowest BCUT2D eigenvalue weighted by atomic mass is 10.2. The maximum Gasteiger partial charge on any atom is 0.276 e. The first-order valence-corrected chi connectivity index (χ1v) is 10.3. The van der Waals surface area contributed by atoms with Crippen LogP contribution in [0.1, 0.15) is 10.5 Å². The second-order valence-corrected chi connectivity index (χ2v) is 7.42. The second-order valence-electron chi connectivity index (χ2n) is 7.42. The van der Waals surface area contributed by atoms with Gasteiger partial charge in [0.25, 0.3) is 5.91 Å². The first kappa shape index (κ1) is 21.4. The van der Waals surface area contributed by atoms with Crippen LogP contribution in [0.5, 0.6) is 0 Å². The fourth-order valence-electron chi connectivity index (χ4n) is 3.40. The van der Waals surface area contributed by atoms with Crippen molar-refractivity contribution in [3.8, 4) is 0 Å². The van der Waals surface area contributed by atoms with Gasteiger partial charge < -0.3 is 15.5 Å². The fourth-order valence-corrected chi connectivity index (χ4v) is 3.40. The van der Waals surface area contributed by atoms with Crippen LogP contribution < -0.4 is 15.5 Å². The first-order chi connectivity index (χ1) is 15.6. The summed E-state index contributed by atoms with van der Waals surface area (Å²) in [5, 5.41) is 13.8. The van der Waals surface area contributed by atoms with Gasteiger partial charge in [0.15, 0.2) is 11.5 Å². The number of halogens is 1. The molecule has 2 N–H and O–H groups in total. The zero-order valence-electron chi connectivity index (χ0n) is 17.4. The summed E-state index contributed by atoms with van der Waals surface area (Å²) >= 11 is 0. The summed E-state index contributed by atoms with van der Waals surface area (Å²) in [6, 6.07) is 18.3. The molecule has 1 fully saturated rings. The van der Waals surface area contributed by atoms with E-state index in [4.69, 9.17) is 0 Å². The zero-order chi connectivity index (χ0) is 22.3. The SMILES string of the molecule is O=C(CN1CCN(c2ccc(C(=O)Nc3ccccc3)nn2)CC1)Nc1ccc(F)cc1. The molecule has 3 aromatic rings. The molecule has 1 aliphatic rings. The number of hydrogen-bond donors (Lipinski definition) is 2. The number of para-hydroxylation sites is 1. The molecule has 1 saturated heterocycles. The molecular weight excluding hydrogens is 411 g/mol. The summed E-state index contributed by atoms with van der Waals surface area (Å²) in [4.78, 5) is 28.6. The number of carbonyl (C=O) groups excluding carboxylic acids is 2. The molecule has 0 atom stereocenters. The van der Waals surface area contributed by atoms with Crippen LogP contribution in [0.15, 0.2) is 66.7 Å². The van der Waals surface area contributed by atoms with E-state index in [0.717, 1.165) is 0 Å². The number of aromatic nitrogens is 2. The number of nitrogens with zero attached hydrogens (tertiary/aromatic N) is 4. The highest BCUT2D eigenvalue weighted by atomic mass is 19.1. The Morgan fingerprint density at radius 1 is 0.812 bits per heavy atom. The third-order valence-electron chi connectivity index (χ3n) is 5.11. The van der Waals surface area contributed by atoms with Gasteiger partial charge in [0.05, 0.1) is 6.54 Å². The van der Waals surface area contributed by atoms with E-state index in [9.17, 15) is 14.0 Å². The van der Waals surface area contributed by atoms with Crippen LogP contribution in [-0.2, 0) is 4.79 Å². The van der Waals surface area contributed by atoms with E-state index >= 15 is 0 Å². The Morgan fingerprint density at radius 2 is 1.50 bits per heavy atom. The van der Waals surface area contributed by atoms with Gasteiger partial charge in [-0.3, -0.25) is 14.5 Å². The highest BCUT2D eigenvalue weighted by Crippen LogP contribution is 2.14. The maximum absolute atomic E-state index is 13.0. The molecule has 2 aromatic carbocycles. The monoisotopic (exact) mass is 434 g/mol. The van der Waals surface area contributed by atoms with Crippen LogP contribution in [0.4, 0.5) is 21.6 Å². The molecule has 1 aromatic heterocycles. The molecular formula is C23H23FN6O2. The molecule has 32 heavy (non-hydrogen) atoms. The Kier molecular flexibility index (Phi) is 6.66. The van der Waals surface area contributed by atoms with Crippen molar-refractivity contribution in [3.63, 3.8) is 0 Å². The highest BCUT2D eigenvalue weighted by Gasteiger charge is 2.20. The van der Waals surface area contributed by atoms with Crippen LogP contribution in [0, 0.1) is 5.82 Å². The Morgan fingerprint density at radius 3 is 2.16 bits per heavy atom. The van der Waals surface area contributed by atoms with E-state index < -0.39 is 0 Å². The van der Waals surface area contributed by atoms with Gasteiger partial charge in [0.1, 0.15) is 5.82 Å². The number of benzene rings is 2. The number of amides is 2. The van der Waals surface area contributed by atoms with Crippen LogP contribution in [-0.4, -0.2) is 59.6 Å². The summed E-state index contributed by atoms with van der Waals surface area (Å²) in [6.07, 6.45) is 0. The Labute approximate surface area is 185 Å². The number of hydrogen-bond acceptors (Lipinski definition) is 6. The van der Waals surface area contributed by atoms with Gasteiger partial charge in [-0.25, -0.2) is 4.39 Å². The van der Waals surface area contributed by atoms with Gasteiger partial charge in [-0.1, -0.05) is 18.2 Å². The highest BCUT2D eigenvalue weighted by molar-refractivity contribution is 6.02. The molecule has 4 rings (SSSR count). The van der Waals surface area contributed by atoms with Crippen molar-refractivity contribution in [3.05, 3.63) is 78.2 Å². The van der Waals surface area contributed by atoms with Crippen molar-refractivity contribution >= 4 is 29.0 Å². The van der Waals surface area contributed by atoms with Gasteiger partial charge in [0.2, 0.25) is 5.91 Å². The summed E-state index contributed by atoms with van der Waals surface area (Å²) in [6.45, 7) is 3.02. The number of piperazine rings is 1. The molecule has 9 heteroatoms. The van der Waals surface area contributed by atoms with E-state index in [0.29, 0.717) is 43.4 Å². The minimum Gasteiger partial charge on any atom is -0.353 e.